The first kappa shape index (κ1) is 14.9. The van der Waals surface area contributed by atoms with Crippen LogP contribution in [0, 0.1) is 24.4 Å². The predicted octanol–water partition coefficient (Wildman–Crippen LogP) is 3.46. The van der Waals surface area contributed by atoms with Gasteiger partial charge in [0.05, 0.1) is 6.54 Å². The van der Waals surface area contributed by atoms with Gasteiger partial charge in [0.2, 0.25) is 5.91 Å². The molecule has 0 bridgehead atoms. The Bertz CT molecular complexity index is 633. The average molecular weight is 294 g/mol. The van der Waals surface area contributed by atoms with E-state index in [1.165, 1.54) is 0 Å². The van der Waals surface area contributed by atoms with Crippen molar-refractivity contribution in [2.45, 2.75) is 6.92 Å². The molecule has 0 saturated carbocycles. The minimum absolute atomic E-state index is 0.00884. The molecule has 2 rings (SSSR count). The number of halogens is 3. The van der Waals surface area contributed by atoms with Gasteiger partial charge in [0.15, 0.2) is 17.5 Å². The summed E-state index contributed by atoms with van der Waals surface area (Å²) in [5.41, 5.74) is 1.66. The second-order valence-corrected chi connectivity index (χ2v) is 4.52. The number of hydrogen-bond donors (Lipinski definition) is 2. The lowest BCUT2D eigenvalue weighted by Crippen LogP contribution is -2.21. The van der Waals surface area contributed by atoms with Gasteiger partial charge in [-0.05, 0) is 19.1 Å². The molecular formula is C15H13F3N2O. The Morgan fingerprint density at radius 1 is 1.00 bits per heavy atom. The monoisotopic (exact) mass is 294 g/mol. The number of rotatable bonds is 4. The zero-order valence-electron chi connectivity index (χ0n) is 11.2. The van der Waals surface area contributed by atoms with Crippen molar-refractivity contribution in [3.8, 4) is 0 Å². The van der Waals surface area contributed by atoms with Gasteiger partial charge in [-0.1, -0.05) is 17.7 Å². The summed E-state index contributed by atoms with van der Waals surface area (Å²) < 4.78 is 38.8. The lowest BCUT2D eigenvalue weighted by molar-refractivity contribution is -0.114. The molecule has 6 heteroatoms. The predicted molar refractivity (Wildman–Crippen MR) is 74.6 cm³/mol. The van der Waals surface area contributed by atoms with Crippen LogP contribution in [0.15, 0.2) is 36.4 Å². The Hall–Kier alpha value is -2.50. The number of anilines is 2. The van der Waals surface area contributed by atoms with Crippen molar-refractivity contribution < 1.29 is 18.0 Å². The normalized spacial score (nSPS) is 10.3. The highest BCUT2D eigenvalue weighted by Crippen LogP contribution is 2.17. The highest BCUT2D eigenvalue weighted by molar-refractivity contribution is 5.93. The number of amides is 1. The minimum Gasteiger partial charge on any atom is -0.376 e. The number of carbonyl (C=O) groups is 1. The van der Waals surface area contributed by atoms with Crippen molar-refractivity contribution in [2.75, 3.05) is 17.2 Å². The summed E-state index contributed by atoms with van der Waals surface area (Å²) in [7, 11) is 0. The fraction of sp³-hybridized carbons (Fsp3) is 0.133. The van der Waals surface area contributed by atoms with Crippen LogP contribution in [0.25, 0.3) is 0 Å². The summed E-state index contributed by atoms with van der Waals surface area (Å²) >= 11 is 0. The molecule has 0 fully saturated rings. The van der Waals surface area contributed by atoms with E-state index in [1.54, 1.807) is 12.1 Å². The maximum absolute atomic E-state index is 13.0. The molecule has 2 aromatic carbocycles. The standard InChI is InChI=1S/C15H13F3N2O/c1-9-2-4-10(5-3-9)20-14(21)8-19-11-6-12(16)15(18)13(17)7-11/h2-7,19H,8H2,1H3,(H,20,21). The quantitative estimate of drug-likeness (QED) is 0.848. The molecule has 0 aliphatic carbocycles. The molecule has 0 radical (unpaired) electrons. The van der Waals surface area contributed by atoms with Crippen molar-refractivity contribution in [1.29, 1.82) is 0 Å². The van der Waals surface area contributed by atoms with Gasteiger partial charge in [-0.3, -0.25) is 4.79 Å². The minimum atomic E-state index is -1.54. The van der Waals surface area contributed by atoms with Crippen LogP contribution >= 0.6 is 0 Å². The van der Waals surface area contributed by atoms with Gasteiger partial charge in [0.25, 0.3) is 0 Å². The van der Waals surface area contributed by atoms with Gasteiger partial charge in [0.1, 0.15) is 0 Å². The molecule has 0 aliphatic rings. The van der Waals surface area contributed by atoms with Gasteiger partial charge in [-0.15, -0.1) is 0 Å². The number of benzene rings is 2. The maximum atomic E-state index is 13.0. The van der Waals surface area contributed by atoms with E-state index < -0.39 is 17.5 Å². The van der Waals surface area contributed by atoms with E-state index in [-0.39, 0.29) is 18.1 Å². The van der Waals surface area contributed by atoms with E-state index in [0.29, 0.717) is 5.69 Å². The van der Waals surface area contributed by atoms with Crippen molar-refractivity contribution in [3.63, 3.8) is 0 Å². The maximum Gasteiger partial charge on any atom is 0.243 e. The van der Waals surface area contributed by atoms with E-state index in [1.807, 2.05) is 19.1 Å². The molecule has 0 heterocycles. The summed E-state index contributed by atoms with van der Waals surface area (Å²) in [5, 5.41) is 5.14. The van der Waals surface area contributed by atoms with E-state index in [9.17, 15) is 18.0 Å². The molecule has 2 aromatic rings. The highest BCUT2D eigenvalue weighted by atomic mass is 19.2. The Kier molecular flexibility index (Phi) is 4.47. The highest BCUT2D eigenvalue weighted by Gasteiger charge is 2.11. The molecule has 0 aromatic heterocycles. The second-order valence-electron chi connectivity index (χ2n) is 4.52. The average Bonchev–Trinajstić information content (AvgIpc) is 2.45. The molecule has 0 aliphatic heterocycles. The molecule has 1 amide bonds. The van der Waals surface area contributed by atoms with Crippen molar-refractivity contribution >= 4 is 17.3 Å². The molecular weight excluding hydrogens is 281 g/mol. The van der Waals surface area contributed by atoms with Gasteiger partial charge in [-0.25, -0.2) is 13.2 Å². The molecule has 0 unspecified atom stereocenters. The lowest BCUT2D eigenvalue weighted by Gasteiger charge is -2.08. The fourth-order valence-electron chi connectivity index (χ4n) is 1.68. The number of aryl methyl sites for hydroxylation is 1. The van der Waals surface area contributed by atoms with E-state index in [4.69, 9.17) is 0 Å². The molecule has 0 saturated heterocycles. The van der Waals surface area contributed by atoms with Gasteiger partial charge in [-0.2, -0.15) is 0 Å². The summed E-state index contributed by atoms with van der Waals surface area (Å²) in [6, 6.07) is 8.74. The third kappa shape index (κ3) is 3.98. The summed E-state index contributed by atoms with van der Waals surface area (Å²) in [6.45, 7) is 1.73. The smallest absolute Gasteiger partial charge is 0.243 e. The van der Waals surface area contributed by atoms with Crippen molar-refractivity contribution in [3.05, 3.63) is 59.4 Å². The zero-order valence-corrected chi connectivity index (χ0v) is 11.2. The Balaban J connectivity index is 1.93. The Morgan fingerprint density at radius 3 is 2.14 bits per heavy atom. The van der Waals surface area contributed by atoms with Crippen molar-refractivity contribution in [2.24, 2.45) is 0 Å². The Labute approximate surface area is 119 Å². The lowest BCUT2D eigenvalue weighted by atomic mass is 10.2. The third-order valence-electron chi connectivity index (χ3n) is 2.77. The molecule has 0 spiro atoms. The molecule has 110 valence electrons. The number of nitrogens with one attached hydrogen (secondary N) is 2. The van der Waals surface area contributed by atoms with E-state index in [2.05, 4.69) is 10.6 Å². The van der Waals surface area contributed by atoms with Crippen LogP contribution in [0.3, 0.4) is 0 Å². The molecule has 21 heavy (non-hydrogen) atoms. The van der Waals surface area contributed by atoms with Crippen LogP contribution < -0.4 is 10.6 Å². The largest absolute Gasteiger partial charge is 0.376 e. The molecule has 2 N–H and O–H groups in total. The SMILES string of the molecule is Cc1ccc(NC(=O)CNc2cc(F)c(F)c(F)c2)cc1. The zero-order chi connectivity index (χ0) is 15.4. The number of carbonyl (C=O) groups excluding carboxylic acids is 1. The van der Waals surface area contributed by atoms with Gasteiger partial charge < -0.3 is 10.6 Å². The summed E-state index contributed by atoms with van der Waals surface area (Å²) in [6.07, 6.45) is 0. The first-order valence-corrected chi connectivity index (χ1v) is 6.20. The van der Waals surface area contributed by atoms with Crippen LogP contribution in [-0.4, -0.2) is 12.5 Å². The Morgan fingerprint density at radius 2 is 1.57 bits per heavy atom. The second kappa shape index (κ2) is 6.30. The van der Waals surface area contributed by atoms with Crippen LogP contribution in [0.5, 0.6) is 0 Å². The number of hydrogen-bond acceptors (Lipinski definition) is 2. The topological polar surface area (TPSA) is 41.1 Å². The third-order valence-corrected chi connectivity index (χ3v) is 2.77. The van der Waals surface area contributed by atoms with Crippen LogP contribution in [0.1, 0.15) is 5.56 Å². The first-order chi connectivity index (χ1) is 9.95. The molecule has 3 nitrogen and oxygen atoms in total. The van der Waals surface area contributed by atoms with Gasteiger partial charge in [0, 0.05) is 23.5 Å². The van der Waals surface area contributed by atoms with Crippen LogP contribution in [0.2, 0.25) is 0 Å². The van der Waals surface area contributed by atoms with E-state index >= 15 is 0 Å². The summed E-state index contributed by atoms with van der Waals surface area (Å²) in [4.78, 5) is 11.7. The van der Waals surface area contributed by atoms with Crippen LogP contribution in [-0.2, 0) is 4.79 Å². The van der Waals surface area contributed by atoms with Gasteiger partial charge >= 0.3 is 0 Å². The van der Waals surface area contributed by atoms with Crippen LogP contribution in [0.4, 0.5) is 24.5 Å². The van der Waals surface area contributed by atoms with E-state index in [0.717, 1.165) is 17.7 Å². The molecule has 0 atom stereocenters. The first-order valence-electron chi connectivity index (χ1n) is 6.20. The van der Waals surface area contributed by atoms with Crippen molar-refractivity contribution in [1.82, 2.24) is 0 Å². The summed E-state index contributed by atoms with van der Waals surface area (Å²) in [5.74, 6) is -4.54. The fourth-order valence-corrected chi connectivity index (χ4v) is 1.68.